The summed E-state index contributed by atoms with van der Waals surface area (Å²) < 4.78 is 7.87. The lowest BCUT2D eigenvalue weighted by Crippen LogP contribution is -2.39. The van der Waals surface area contributed by atoms with Gasteiger partial charge in [0.05, 0.1) is 15.8 Å². The number of aryl methyl sites for hydroxylation is 1. The highest BCUT2D eigenvalue weighted by molar-refractivity contribution is 7.10. The van der Waals surface area contributed by atoms with Crippen molar-refractivity contribution in [2.75, 3.05) is 0 Å². The summed E-state index contributed by atoms with van der Waals surface area (Å²) in [5.41, 5.74) is 3.81. The van der Waals surface area contributed by atoms with Gasteiger partial charge in [0.25, 0.3) is 11.5 Å². The van der Waals surface area contributed by atoms with Crippen molar-refractivity contribution in [3.8, 4) is 0 Å². The van der Waals surface area contributed by atoms with Crippen molar-refractivity contribution in [1.82, 2.24) is 4.57 Å². The summed E-state index contributed by atoms with van der Waals surface area (Å²) >= 11 is 2.84. The number of aromatic nitrogens is 1. The van der Waals surface area contributed by atoms with Gasteiger partial charge in [-0.05, 0) is 42.5 Å². The summed E-state index contributed by atoms with van der Waals surface area (Å²) in [6, 6.07) is 20.8. The van der Waals surface area contributed by atoms with E-state index < -0.39 is 18.0 Å². The van der Waals surface area contributed by atoms with Crippen LogP contribution in [0, 0.1) is 6.92 Å². The zero-order valence-corrected chi connectivity index (χ0v) is 22.7. The number of carboxylic acid groups (broad SMARTS) is 1. The summed E-state index contributed by atoms with van der Waals surface area (Å²) in [6.07, 6.45) is 1.88. The third kappa shape index (κ3) is 6.24. The highest BCUT2D eigenvalue weighted by Crippen LogP contribution is 2.33. The molecular formula is C29H26N2O5S2. The molecule has 7 nitrogen and oxygen atoms in total. The fourth-order valence-electron chi connectivity index (χ4n) is 3.91. The first-order chi connectivity index (χ1) is 18.2. The number of nitrogens with zero attached hydrogens (tertiary/aromatic N) is 2. The molecule has 2 aromatic heterocycles. The van der Waals surface area contributed by atoms with Crippen molar-refractivity contribution in [1.29, 1.82) is 0 Å². The van der Waals surface area contributed by atoms with Crippen molar-refractivity contribution in [2.24, 2.45) is 4.99 Å². The molecule has 3 heterocycles. The number of thiazole rings is 1. The molecule has 2 aromatic carbocycles. The Bertz CT molecular complexity index is 1640. The van der Waals surface area contributed by atoms with Crippen LogP contribution in [0.4, 0.5) is 0 Å². The molecule has 9 heteroatoms. The maximum Gasteiger partial charge on any atom is 0.338 e. The molecule has 0 bridgehead atoms. The number of aliphatic carboxylic acids is 1. The zero-order chi connectivity index (χ0) is 27.2. The van der Waals surface area contributed by atoms with E-state index in [1.807, 2.05) is 85.1 Å². The molecule has 0 saturated carbocycles. The Balaban J connectivity index is 0.000000786. The van der Waals surface area contributed by atoms with E-state index in [2.05, 4.69) is 4.99 Å². The minimum Gasteiger partial charge on any atom is -0.481 e. The van der Waals surface area contributed by atoms with Crippen LogP contribution in [0.5, 0.6) is 0 Å². The van der Waals surface area contributed by atoms with E-state index in [0.29, 0.717) is 20.6 Å². The number of esters is 1. The fourth-order valence-corrected chi connectivity index (χ4v) is 5.78. The Morgan fingerprint density at radius 3 is 2.37 bits per heavy atom. The van der Waals surface area contributed by atoms with Crippen LogP contribution in [-0.4, -0.2) is 21.6 Å². The van der Waals surface area contributed by atoms with E-state index in [0.717, 1.165) is 28.5 Å². The molecule has 194 valence electrons. The molecule has 38 heavy (non-hydrogen) atoms. The highest BCUT2D eigenvalue weighted by Gasteiger charge is 2.34. The van der Waals surface area contributed by atoms with E-state index in [-0.39, 0.29) is 12.2 Å². The molecule has 0 amide bonds. The van der Waals surface area contributed by atoms with Gasteiger partial charge in [-0.2, -0.15) is 0 Å². The van der Waals surface area contributed by atoms with Crippen LogP contribution >= 0.6 is 22.7 Å². The average Bonchev–Trinajstić information content (AvgIpc) is 3.52. The Morgan fingerprint density at radius 2 is 1.74 bits per heavy atom. The van der Waals surface area contributed by atoms with Gasteiger partial charge < -0.3 is 9.84 Å². The lowest BCUT2D eigenvalue weighted by Gasteiger charge is -2.23. The number of rotatable bonds is 5. The lowest BCUT2D eigenvalue weighted by atomic mass is 10.0. The monoisotopic (exact) mass is 546 g/mol. The van der Waals surface area contributed by atoms with Gasteiger partial charge in [-0.1, -0.05) is 77.6 Å². The third-order valence-electron chi connectivity index (χ3n) is 5.64. The quantitative estimate of drug-likeness (QED) is 0.373. The predicted octanol–water partition coefficient (Wildman–Crippen LogP) is 4.44. The predicted molar refractivity (Wildman–Crippen MR) is 149 cm³/mol. The first-order valence-corrected chi connectivity index (χ1v) is 13.5. The Kier molecular flexibility index (Phi) is 8.50. The van der Waals surface area contributed by atoms with E-state index in [1.165, 1.54) is 22.7 Å². The second-order valence-electron chi connectivity index (χ2n) is 8.59. The number of carboxylic acids is 1. The molecule has 0 saturated heterocycles. The van der Waals surface area contributed by atoms with Gasteiger partial charge >= 0.3 is 5.97 Å². The number of fused-ring (bicyclic) bond motifs is 1. The van der Waals surface area contributed by atoms with Crippen LogP contribution in [0.25, 0.3) is 6.08 Å². The number of thiophene rings is 1. The molecule has 4 aromatic rings. The molecule has 0 spiro atoms. The van der Waals surface area contributed by atoms with Gasteiger partial charge in [0.15, 0.2) is 4.80 Å². The number of benzene rings is 2. The van der Waals surface area contributed by atoms with E-state index >= 15 is 0 Å². The van der Waals surface area contributed by atoms with Crippen LogP contribution in [0.2, 0.25) is 0 Å². The first kappa shape index (κ1) is 27.0. The number of ether oxygens (including phenoxy) is 1. The summed E-state index contributed by atoms with van der Waals surface area (Å²) in [6.45, 7) is 5.07. The van der Waals surface area contributed by atoms with Gasteiger partial charge in [0.2, 0.25) is 0 Å². The summed E-state index contributed by atoms with van der Waals surface area (Å²) in [4.78, 5) is 42.0. The Morgan fingerprint density at radius 1 is 1.05 bits per heavy atom. The normalized spacial score (nSPS) is 14.7. The maximum absolute atomic E-state index is 13.6. The van der Waals surface area contributed by atoms with Crippen molar-refractivity contribution in [3.63, 3.8) is 0 Å². The van der Waals surface area contributed by atoms with Gasteiger partial charge in [0.1, 0.15) is 12.6 Å². The number of hydrogen-bond acceptors (Lipinski definition) is 7. The topological polar surface area (TPSA) is 98.0 Å². The number of allylic oxidation sites excluding steroid dienone is 1. The van der Waals surface area contributed by atoms with Crippen LogP contribution in [0.15, 0.2) is 93.2 Å². The fraction of sp³-hybridized carbons (Fsp3) is 0.172. The molecule has 0 aliphatic carbocycles. The second kappa shape index (κ2) is 12.0. The molecule has 5 rings (SSSR count). The van der Waals surface area contributed by atoms with Crippen LogP contribution in [-0.2, 0) is 20.9 Å². The molecule has 1 N–H and O–H groups in total. The Hall–Kier alpha value is -4.08. The minimum atomic E-state index is -0.833. The van der Waals surface area contributed by atoms with Crippen LogP contribution in [0.3, 0.4) is 0 Å². The number of hydrogen-bond donors (Lipinski definition) is 1. The summed E-state index contributed by atoms with van der Waals surface area (Å²) in [5, 5.41) is 9.36. The van der Waals surface area contributed by atoms with Crippen molar-refractivity contribution >= 4 is 40.7 Å². The average molecular weight is 547 g/mol. The first-order valence-electron chi connectivity index (χ1n) is 11.8. The molecule has 0 radical (unpaired) electrons. The van der Waals surface area contributed by atoms with Gasteiger partial charge in [-0.3, -0.25) is 14.2 Å². The van der Waals surface area contributed by atoms with Gasteiger partial charge in [0, 0.05) is 11.8 Å². The van der Waals surface area contributed by atoms with Gasteiger partial charge in [-0.25, -0.2) is 9.79 Å². The molecule has 0 fully saturated rings. The maximum atomic E-state index is 13.6. The number of carbonyl (C=O) groups excluding carboxylic acids is 1. The SMILES string of the molecule is CC(=O)O.CC1=C(C(=O)OCc2ccccc2)C(c2cccs2)n2c(s/c(=C/c3ccc(C)cc3)c2=O)=N1. The van der Waals surface area contributed by atoms with Crippen molar-refractivity contribution in [3.05, 3.63) is 125 Å². The molecule has 1 unspecified atom stereocenters. The summed E-state index contributed by atoms with van der Waals surface area (Å²) in [7, 11) is 0. The van der Waals surface area contributed by atoms with E-state index in [4.69, 9.17) is 14.6 Å². The van der Waals surface area contributed by atoms with Crippen molar-refractivity contribution < 1.29 is 19.4 Å². The van der Waals surface area contributed by atoms with Crippen LogP contribution in [0.1, 0.15) is 41.5 Å². The van der Waals surface area contributed by atoms with Crippen LogP contribution < -0.4 is 14.9 Å². The molecular weight excluding hydrogens is 520 g/mol. The second-order valence-corrected chi connectivity index (χ2v) is 10.6. The van der Waals surface area contributed by atoms with E-state index in [1.54, 1.807) is 11.5 Å². The number of carbonyl (C=O) groups is 2. The smallest absolute Gasteiger partial charge is 0.338 e. The Labute approximate surface area is 227 Å². The molecule has 1 aliphatic rings. The third-order valence-corrected chi connectivity index (χ3v) is 7.55. The zero-order valence-electron chi connectivity index (χ0n) is 21.1. The minimum absolute atomic E-state index is 0.158. The van der Waals surface area contributed by atoms with Gasteiger partial charge in [-0.15, -0.1) is 11.3 Å². The summed E-state index contributed by atoms with van der Waals surface area (Å²) in [5.74, 6) is -1.30. The lowest BCUT2D eigenvalue weighted by molar-refractivity contribution is -0.141. The van der Waals surface area contributed by atoms with Crippen molar-refractivity contribution in [2.45, 2.75) is 33.4 Å². The standard InChI is InChI=1S/C27H22N2O3S2.C2H4O2/c1-17-10-12-19(13-11-17)15-22-25(30)29-24(21-9-6-14-33-21)23(18(2)28-27(29)34-22)26(31)32-16-20-7-4-3-5-8-20;1-2(3)4/h3-15,24H,16H2,1-2H3;1H3,(H,3,4)/b22-15+;. The molecule has 1 atom stereocenters. The molecule has 1 aliphatic heterocycles. The van der Waals surface area contributed by atoms with E-state index in [9.17, 15) is 9.59 Å². The highest BCUT2D eigenvalue weighted by atomic mass is 32.1. The largest absolute Gasteiger partial charge is 0.481 e.